The predicted octanol–water partition coefficient (Wildman–Crippen LogP) is 5.34. The van der Waals surface area contributed by atoms with Crippen LogP contribution < -0.4 is 5.32 Å². The molecule has 1 aromatic heterocycles. The maximum Gasteiger partial charge on any atom is 0.339 e. The highest BCUT2D eigenvalue weighted by atomic mass is 35.5. The number of aryl methyl sites for hydroxylation is 1. The minimum Gasteiger partial charge on any atom is -0.478 e. The van der Waals surface area contributed by atoms with Crippen molar-refractivity contribution in [3.8, 4) is 11.1 Å². The van der Waals surface area contributed by atoms with E-state index in [2.05, 4.69) is 5.32 Å². The van der Waals surface area contributed by atoms with E-state index < -0.39 is 5.97 Å². The Balaban J connectivity index is 1.79. The van der Waals surface area contributed by atoms with Crippen LogP contribution in [-0.4, -0.2) is 17.0 Å². The number of amides is 1. The first kappa shape index (κ1) is 18.2. The number of rotatable bonds is 6. The average Bonchev–Trinajstić information content (AvgIpc) is 3.05. The molecule has 2 N–H and O–H groups in total. The van der Waals surface area contributed by atoms with Crippen LogP contribution in [0, 0.1) is 0 Å². The topological polar surface area (TPSA) is 66.4 Å². The number of carbonyl (C=O) groups excluding carboxylic acids is 1. The summed E-state index contributed by atoms with van der Waals surface area (Å²) in [4.78, 5) is 24.0. The Kier molecular flexibility index (Phi) is 5.71. The van der Waals surface area contributed by atoms with Gasteiger partial charge in [-0.3, -0.25) is 4.79 Å². The Morgan fingerprint density at radius 1 is 1.00 bits per heavy atom. The molecule has 3 aromatic rings. The van der Waals surface area contributed by atoms with Crippen molar-refractivity contribution in [2.24, 2.45) is 0 Å². The minimum atomic E-state index is -1.10. The molecule has 0 saturated heterocycles. The van der Waals surface area contributed by atoms with Crippen molar-refractivity contribution in [2.75, 3.05) is 5.32 Å². The minimum absolute atomic E-state index is 0.0659. The molecule has 0 aliphatic carbocycles. The van der Waals surface area contributed by atoms with E-state index in [0.717, 1.165) is 5.56 Å². The third kappa shape index (κ3) is 4.12. The number of aromatic carboxylic acids is 1. The van der Waals surface area contributed by atoms with Crippen molar-refractivity contribution < 1.29 is 14.7 Å². The summed E-state index contributed by atoms with van der Waals surface area (Å²) >= 11 is 7.38. The van der Waals surface area contributed by atoms with Crippen LogP contribution in [0.25, 0.3) is 11.1 Å². The summed E-state index contributed by atoms with van der Waals surface area (Å²) in [6.45, 7) is 0. The third-order valence-electron chi connectivity index (χ3n) is 3.91. The predicted molar refractivity (Wildman–Crippen MR) is 105 cm³/mol. The van der Waals surface area contributed by atoms with Crippen LogP contribution in [0.1, 0.15) is 22.3 Å². The van der Waals surface area contributed by atoms with E-state index in [1.54, 1.807) is 29.6 Å². The van der Waals surface area contributed by atoms with Gasteiger partial charge < -0.3 is 10.4 Å². The molecule has 0 unspecified atom stereocenters. The van der Waals surface area contributed by atoms with E-state index in [1.165, 1.54) is 11.3 Å². The number of thiophene rings is 1. The van der Waals surface area contributed by atoms with Gasteiger partial charge in [0.2, 0.25) is 5.91 Å². The second kappa shape index (κ2) is 8.17. The summed E-state index contributed by atoms with van der Waals surface area (Å²) < 4.78 is 0. The van der Waals surface area contributed by atoms with Crippen LogP contribution in [-0.2, 0) is 11.2 Å². The van der Waals surface area contributed by atoms with E-state index in [4.69, 9.17) is 11.6 Å². The number of hydrogen-bond acceptors (Lipinski definition) is 3. The molecule has 0 aliphatic rings. The zero-order valence-electron chi connectivity index (χ0n) is 13.7. The van der Waals surface area contributed by atoms with Gasteiger partial charge in [0.25, 0.3) is 0 Å². The molecule has 26 heavy (non-hydrogen) atoms. The molecule has 0 spiro atoms. The van der Waals surface area contributed by atoms with Crippen molar-refractivity contribution >= 4 is 39.8 Å². The molecule has 6 heteroatoms. The summed E-state index contributed by atoms with van der Waals surface area (Å²) in [5.74, 6) is -1.32. The second-order valence-corrected chi connectivity index (χ2v) is 6.96. The van der Waals surface area contributed by atoms with Gasteiger partial charge in [-0.1, -0.05) is 60.1 Å². The average molecular weight is 386 g/mol. The van der Waals surface area contributed by atoms with Crippen LogP contribution in [0.4, 0.5) is 5.00 Å². The summed E-state index contributed by atoms with van der Waals surface area (Å²) in [6, 6.07) is 16.7. The fourth-order valence-corrected chi connectivity index (χ4v) is 3.84. The number of carbonyl (C=O) groups is 2. The first-order valence-corrected chi connectivity index (χ1v) is 9.25. The quantitative estimate of drug-likeness (QED) is 0.602. The number of carboxylic acid groups (broad SMARTS) is 1. The Hall–Kier alpha value is -2.63. The second-order valence-electron chi connectivity index (χ2n) is 5.67. The van der Waals surface area contributed by atoms with Crippen LogP contribution >= 0.6 is 22.9 Å². The van der Waals surface area contributed by atoms with E-state index in [-0.39, 0.29) is 17.9 Å². The fraction of sp³-hybridized carbons (Fsp3) is 0.100. The van der Waals surface area contributed by atoms with Gasteiger partial charge >= 0.3 is 5.97 Å². The first-order chi connectivity index (χ1) is 12.6. The van der Waals surface area contributed by atoms with Gasteiger partial charge in [-0.25, -0.2) is 4.79 Å². The van der Waals surface area contributed by atoms with Gasteiger partial charge in [-0.15, -0.1) is 11.3 Å². The Morgan fingerprint density at radius 3 is 2.38 bits per heavy atom. The van der Waals surface area contributed by atoms with E-state index in [9.17, 15) is 14.7 Å². The molecule has 0 fully saturated rings. The molecular formula is C20H16ClNO3S. The molecule has 1 heterocycles. The largest absolute Gasteiger partial charge is 0.478 e. The third-order valence-corrected chi connectivity index (χ3v) is 5.13. The SMILES string of the molecule is O=C(CCc1ccccc1)Nc1scc(-c2ccccc2Cl)c1C(=O)O. The van der Waals surface area contributed by atoms with Crippen LogP contribution in [0.2, 0.25) is 5.02 Å². The molecule has 0 saturated carbocycles. The van der Waals surface area contributed by atoms with Crippen molar-refractivity contribution in [1.29, 1.82) is 0 Å². The maximum absolute atomic E-state index is 12.2. The van der Waals surface area contributed by atoms with Gasteiger partial charge in [0.05, 0.1) is 0 Å². The highest BCUT2D eigenvalue weighted by molar-refractivity contribution is 7.15. The maximum atomic E-state index is 12.2. The number of anilines is 1. The van der Waals surface area contributed by atoms with Crippen LogP contribution in [0.5, 0.6) is 0 Å². The Labute approximate surface area is 160 Å². The van der Waals surface area contributed by atoms with E-state index in [1.807, 2.05) is 30.3 Å². The van der Waals surface area contributed by atoms with Crippen molar-refractivity contribution in [1.82, 2.24) is 0 Å². The highest BCUT2D eigenvalue weighted by Crippen LogP contribution is 2.38. The highest BCUT2D eigenvalue weighted by Gasteiger charge is 2.22. The molecular weight excluding hydrogens is 370 g/mol. The number of hydrogen-bond donors (Lipinski definition) is 2. The van der Waals surface area contributed by atoms with Gasteiger partial charge in [0, 0.05) is 28.0 Å². The van der Waals surface area contributed by atoms with Gasteiger partial charge in [-0.05, 0) is 18.1 Å². The zero-order chi connectivity index (χ0) is 18.5. The summed E-state index contributed by atoms with van der Waals surface area (Å²) in [5.41, 5.74) is 2.26. The standard InChI is InChI=1S/C20H16ClNO3S/c21-16-9-5-4-8-14(16)15-12-26-19(18(15)20(24)25)22-17(23)11-10-13-6-2-1-3-7-13/h1-9,12H,10-11H2,(H,22,23)(H,24,25). The molecule has 1 amide bonds. The Bertz CT molecular complexity index is 937. The molecule has 0 bridgehead atoms. The lowest BCUT2D eigenvalue weighted by Crippen LogP contribution is -2.14. The lowest BCUT2D eigenvalue weighted by Gasteiger charge is -2.07. The number of nitrogens with one attached hydrogen (secondary N) is 1. The zero-order valence-corrected chi connectivity index (χ0v) is 15.3. The van der Waals surface area contributed by atoms with Gasteiger partial charge in [0.15, 0.2) is 0 Å². The van der Waals surface area contributed by atoms with Crippen molar-refractivity contribution in [3.63, 3.8) is 0 Å². The summed E-state index contributed by atoms with van der Waals surface area (Å²) in [7, 11) is 0. The Morgan fingerprint density at radius 2 is 1.69 bits per heavy atom. The first-order valence-electron chi connectivity index (χ1n) is 7.99. The molecule has 2 aromatic carbocycles. The molecule has 0 atom stereocenters. The molecule has 0 radical (unpaired) electrons. The molecule has 3 rings (SSSR count). The van der Waals surface area contributed by atoms with Gasteiger partial charge in [0.1, 0.15) is 10.6 Å². The van der Waals surface area contributed by atoms with Crippen molar-refractivity contribution in [2.45, 2.75) is 12.8 Å². The molecule has 4 nitrogen and oxygen atoms in total. The number of carboxylic acids is 1. The number of benzene rings is 2. The lowest BCUT2D eigenvalue weighted by molar-refractivity contribution is -0.116. The normalized spacial score (nSPS) is 10.5. The lowest BCUT2D eigenvalue weighted by atomic mass is 10.0. The van der Waals surface area contributed by atoms with Crippen LogP contribution in [0.15, 0.2) is 60.0 Å². The van der Waals surface area contributed by atoms with Gasteiger partial charge in [-0.2, -0.15) is 0 Å². The van der Waals surface area contributed by atoms with E-state index >= 15 is 0 Å². The van der Waals surface area contributed by atoms with Crippen LogP contribution in [0.3, 0.4) is 0 Å². The van der Waals surface area contributed by atoms with E-state index in [0.29, 0.717) is 27.6 Å². The summed E-state index contributed by atoms with van der Waals surface area (Å²) in [5, 5.41) is 14.8. The molecule has 132 valence electrons. The van der Waals surface area contributed by atoms with Crippen molar-refractivity contribution in [3.05, 3.63) is 76.1 Å². The fourth-order valence-electron chi connectivity index (χ4n) is 2.63. The monoisotopic (exact) mass is 385 g/mol. The number of halogens is 1. The smallest absolute Gasteiger partial charge is 0.339 e. The molecule has 0 aliphatic heterocycles. The summed E-state index contributed by atoms with van der Waals surface area (Å²) in [6.07, 6.45) is 0.875.